The summed E-state index contributed by atoms with van der Waals surface area (Å²) in [7, 11) is -0.480. The quantitative estimate of drug-likeness (QED) is 0.887. The van der Waals surface area contributed by atoms with E-state index >= 15 is 0 Å². The molecule has 2 aromatic carbocycles. The summed E-state index contributed by atoms with van der Waals surface area (Å²) in [6.07, 6.45) is 0. The molecule has 0 spiro atoms. The van der Waals surface area contributed by atoms with Crippen LogP contribution < -0.4 is 11.1 Å². The van der Waals surface area contributed by atoms with Gasteiger partial charge in [0.15, 0.2) is 0 Å². The van der Waals surface area contributed by atoms with Gasteiger partial charge in [-0.25, -0.2) is 12.7 Å². The molecule has 3 N–H and O–H groups in total. The molecule has 0 radical (unpaired) electrons. The lowest BCUT2D eigenvalue weighted by molar-refractivity contribution is 0.521. The molecular formula is C15H19N3O2S. The van der Waals surface area contributed by atoms with Crippen molar-refractivity contribution in [1.82, 2.24) is 4.31 Å². The van der Waals surface area contributed by atoms with Gasteiger partial charge >= 0.3 is 0 Å². The third-order valence-corrected chi connectivity index (χ3v) is 5.03. The van der Waals surface area contributed by atoms with Crippen LogP contribution in [0.2, 0.25) is 0 Å². The molecule has 0 saturated carbocycles. The van der Waals surface area contributed by atoms with E-state index in [-0.39, 0.29) is 4.90 Å². The molecule has 2 rings (SSSR count). The molecule has 0 unspecified atom stereocenters. The summed E-state index contributed by atoms with van der Waals surface area (Å²) in [5.74, 6) is 0. The fraction of sp³-hybridized carbons (Fsp3) is 0.200. The molecule has 6 heteroatoms. The van der Waals surface area contributed by atoms with E-state index in [1.807, 2.05) is 24.3 Å². The number of nitrogens with one attached hydrogen (secondary N) is 1. The fourth-order valence-electron chi connectivity index (χ4n) is 1.96. The minimum atomic E-state index is -3.51. The van der Waals surface area contributed by atoms with Crippen LogP contribution in [0.25, 0.3) is 0 Å². The molecule has 2 aromatic rings. The molecule has 0 amide bonds. The second-order valence-corrected chi connectivity index (χ2v) is 6.89. The summed E-state index contributed by atoms with van der Waals surface area (Å²) in [5, 5.41) is 3.17. The van der Waals surface area contributed by atoms with Crippen molar-refractivity contribution in [2.75, 3.05) is 19.4 Å². The summed E-state index contributed by atoms with van der Waals surface area (Å²) in [4.78, 5) is 0.238. The topological polar surface area (TPSA) is 75.4 Å². The van der Waals surface area contributed by atoms with Crippen LogP contribution in [0.3, 0.4) is 0 Å². The van der Waals surface area contributed by atoms with Crippen molar-refractivity contribution in [3.05, 3.63) is 54.1 Å². The number of nitrogens with two attached hydrogens (primary N) is 1. The zero-order chi connectivity index (χ0) is 15.5. The normalized spacial score (nSPS) is 11.6. The number of anilines is 2. The van der Waals surface area contributed by atoms with Crippen molar-refractivity contribution < 1.29 is 8.42 Å². The smallest absolute Gasteiger partial charge is 0.244 e. The Hall–Kier alpha value is -1.89. The Morgan fingerprint density at radius 2 is 1.57 bits per heavy atom. The second-order valence-electron chi connectivity index (χ2n) is 4.77. The highest BCUT2D eigenvalue weighted by molar-refractivity contribution is 7.89. The highest BCUT2D eigenvalue weighted by Gasteiger charge is 2.21. The van der Waals surface area contributed by atoms with Gasteiger partial charge < -0.3 is 11.1 Å². The second kappa shape index (κ2) is 6.26. The van der Waals surface area contributed by atoms with Crippen molar-refractivity contribution >= 4 is 21.4 Å². The van der Waals surface area contributed by atoms with Gasteiger partial charge in [0.1, 0.15) is 4.90 Å². The van der Waals surface area contributed by atoms with Crippen molar-refractivity contribution in [1.29, 1.82) is 0 Å². The molecule has 0 fully saturated rings. The summed E-state index contributed by atoms with van der Waals surface area (Å²) in [6, 6.07) is 14.4. The van der Waals surface area contributed by atoms with E-state index in [2.05, 4.69) is 5.32 Å². The van der Waals surface area contributed by atoms with E-state index < -0.39 is 10.0 Å². The van der Waals surface area contributed by atoms with Crippen LogP contribution >= 0.6 is 0 Å². The number of nitrogens with zero attached hydrogens (tertiary/aromatic N) is 1. The first-order valence-electron chi connectivity index (χ1n) is 6.53. The van der Waals surface area contributed by atoms with Crippen molar-refractivity contribution in [2.45, 2.75) is 11.4 Å². The predicted octanol–water partition coefficient (Wildman–Crippen LogP) is 2.14. The molecule has 0 aliphatic rings. The molecule has 0 aliphatic carbocycles. The lowest BCUT2D eigenvalue weighted by atomic mass is 10.1. The number of sulfonamides is 1. The van der Waals surface area contributed by atoms with Crippen LogP contribution in [0.4, 0.5) is 11.4 Å². The highest BCUT2D eigenvalue weighted by Crippen LogP contribution is 2.27. The molecule has 5 nitrogen and oxygen atoms in total. The SMILES string of the molecule is CN(C)S(=O)(=O)c1ccccc1Nc1ccccc1CN. The molecule has 21 heavy (non-hydrogen) atoms. The van der Waals surface area contributed by atoms with E-state index in [9.17, 15) is 8.42 Å². The first kappa shape index (κ1) is 15.5. The maximum Gasteiger partial charge on any atom is 0.244 e. The summed E-state index contributed by atoms with van der Waals surface area (Å²) in [5.41, 5.74) is 7.98. The van der Waals surface area contributed by atoms with Gasteiger partial charge in [-0.05, 0) is 23.8 Å². The van der Waals surface area contributed by atoms with Crippen LogP contribution in [0.1, 0.15) is 5.56 Å². The van der Waals surface area contributed by atoms with Crippen molar-refractivity contribution in [2.24, 2.45) is 5.73 Å². The first-order valence-corrected chi connectivity index (χ1v) is 7.97. The summed E-state index contributed by atoms with van der Waals surface area (Å²) < 4.78 is 25.9. The standard InChI is InChI=1S/C15H19N3O2S/c1-18(2)21(19,20)15-10-6-5-9-14(15)17-13-8-4-3-7-12(13)11-16/h3-10,17H,11,16H2,1-2H3. The number of hydrogen-bond acceptors (Lipinski definition) is 4. The van der Waals surface area contributed by atoms with E-state index in [1.165, 1.54) is 18.4 Å². The Bertz CT molecular complexity index is 727. The number of benzene rings is 2. The minimum absolute atomic E-state index is 0.238. The molecule has 0 aromatic heterocycles. The third-order valence-electron chi connectivity index (χ3n) is 3.15. The molecule has 0 bridgehead atoms. The van der Waals surface area contributed by atoms with Gasteiger partial charge in [0.2, 0.25) is 10.0 Å². The number of hydrogen-bond donors (Lipinski definition) is 2. The van der Waals surface area contributed by atoms with Crippen molar-refractivity contribution in [3.8, 4) is 0 Å². The highest BCUT2D eigenvalue weighted by atomic mass is 32.2. The number of para-hydroxylation sites is 2. The van der Waals surface area contributed by atoms with Gasteiger partial charge in [0.05, 0.1) is 5.69 Å². The molecule has 0 atom stereocenters. The third kappa shape index (κ3) is 3.24. The summed E-state index contributed by atoms with van der Waals surface area (Å²) in [6.45, 7) is 0.381. The molecule has 0 heterocycles. The van der Waals surface area contributed by atoms with Gasteiger partial charge in [0, 0.05) is 26.3 Å². The average Bonchev–Trinajstić information content (AvgIpc) is 2.48. The first-order chi connectivity index (χ1) is 9.96. The molecule has 0 saturated heterocycles. The zero-order valence-corrected chi connectivity index (χ0v) is 12.9. The van der Waals surface area contributed by atoms with Gasteiger partial charge in [0.25, 0.3) is 0 Å². The maximum atomic E-state index is 12.4. The monoisotopic (exact) mass is 305 g/mol. The van der Waals surface area contributed by atoms with E-state index in [1.54, 1.807) is 24.3 Å². The van der Waals surface area contributed by atoms with Gasteiger partial charge in [-0.3, -0.25) is 0 Å². The van der Waals surface area contributed by atoms with Crippen molar-refractivity contribution in [3.63, 3.8) is 0 Å². The Morgan fingerprint density at radius 3 is 2.19 bits per heavy atom. The predicted molar refractivity (Wildman–Crippen MR) is 84.9 cm³/mol. The molecule has 0 aliphatic heterocycles. The average molecular weight is 305 g/mol. The Kier molecular flexibility index (Phi) is 4.62. The largest absolute Gasteiger partial charge is 0.354 e. The van der Waals surface area contributed by atoms with Gasteiger partial charge in [-0.2, -0.15) is 0 Å². The van der Waals surface area contributed by atoms with Gasteiger partial charge in [-0.15, -0.1) is 0 Å². The molecule has 112 valence electrons. The van der Waals surface area contributed by atoms with Crippen LogP contribution in [0, 0.1) is 0 Å². The number of rotatable bonds is 5. The fourth-order valence-corrected chi connectivity index (χ4v) is 3.00. The van der Waals surface area contributed by atoms with Gasteiger partial charge in [-0.1, -0.05) is 30.3 Å². The Labute approximate surface area is 125 Å². The van der Waals surface area contributed by atoms with E-state index in [0.29, 0.717) is 12.2 Å². The van der Waals surface area contributed by atoms with E-state index in [0.717, 1.165) is 11.3 Å². The van der Waals surface area contributed by atoms with Crippen LogP contribution in [0.5, 0.6) is 0 Å². The minimum Gasteiger partial charge on any atom is -0.354 e. The lowest BCUT2D eigenvalue weighted by Gasteiger charge is -2.17. The van der Waals surface area contributed by atoms with E-state index in [4.69, 9.17) is 5.73 Å². The van der Waals surface area contributed by atoms with Crippen LogP contribution in [-0.2, 0) is 16.6 Å². The maximum absolute atomic E-state index is 12.4. The zero-order valence-electron chi connectivity index (χ0n) is 12.1. The summed E-state index contributed by atoms with van der Waals surface area (Å²) >= 11 is 0. The van der Waals surface area contributed by atoms with Crippen LogP contribution in [0.15, 0.2) is 53.4 Å². The molecular weight excluding hydrogens is 286 g/mol. The van der Waals surface area contributed by atoms with Crippen LogP contribution in [-0.4, -0.2) is 26.8 Å². The Balaban J connectivity index is 2.47. The lowest BCUT2D eigenvalue weighted by Crippen LogP contribution is -2.23. The Morgan fingerprint density at radius 1 is 1.00 bits per heavy atom.